The zero-order valence-corrected chi connectivity index (χ0v) is 9.26. The molecule has 2 nitrogen and oxygen atoms in total. The van der Waals surface area contributed by atoms with E-state index < -0.39 is 14.2 Å². The summed E-state index contributed by atoms with van der Waals surface area (Å²) in [5.41, 5.74) is 3.06. The number of aliphatic hydroxyl groups is 2. The van der Waals surface area contributed by atoms with E-state index >= 15 is 0 Å². The average Bonchev–Trinajstić information content (AvgIpc) is 1.97. The van der Waals surface area contributed by atoms with Crippen molar-refractivity contribution in [3.8, 4) is 11.5 Å². The minimum atomic E-state index is -1.38. The summed E-state index contributed by atoms with van der Waals surface area (Å²) in [6.07, 6.45) is -0.679. The number of aliphatic hydroxyl groups excluding tert-OH is 2. The minimum Gasteiger partial charge on any atom is -0.396 e. The first kappa shape index (κ1) is 11.7. The second kappa shape index (κ2) is 4.66. The quantitative estimate of drug-likeness (QED) is 0.496. The van der Waals surface area contributed by atoms with Crippen LogP contribution in [-0.4, -0.2) is 31.0 Å². The summed E-state index contributed by atoms with van der Waals surface area (Å²) in [5, 5.41) is 18.1. The van der Waals surface area contributed by atoms with Crippen LogP contribution in [0.15, 0.2) is 0 Å². The molecule has 0 aliphatic rings. The smallest absolute Gasteiger partial charge is 0.129 e. The van der Waals surface area contributed by atoms with Gasteiger partial charge in [0.15, 0.2) is 0 Å². The molecule has 0 aliphatic carbocycles. The number of hydrogen-bond donors (Lipinski definition) is 2. The lowest BCUT2D eigenvalue weighted by atomic mass is 10.1. The molecule has 0 bridgehead atoms. The molecule has 0 rings (SSSR count). The van der Waals surface area contributed by atoms with Gasteiger partial charge in [-0.15, -0.1) is 5.54 Å². The van der Waals surface area contributed by atoms with Crippen LogP contribution in [0.1, 0.15) is 6.92 Å². The van der Waals surface area contributed by atoms with E-state index in [-0.39, 0.29) is 12.5 Å². The third-order valence-electron chi connectivity index (χ3n) is 1.42. The van der Waals surface area contributed by atoms with Crippen molar-refractivity contribution in [2.24, 2.45) is 5.92 Å². The van der Waals surface area contributed by atoms with Crippen molar-refractivity contribution in [2.75, 3.05) is 6.61 Å². The van der Waals surface area contributed by atoms with Crippen molar-refractivity contribution in [1.29, 1.82) is 0 Å². The molecule has 0 saturated carbocycles. The molecule has 0 fully saturated rings. The summed E-state index contributed by atoms with van der Waals surface area (Å²) < 4.78 is 0. The number of hydrogen-bond acceptors (Lipinski definition) is 2. The van der Waals surface area contributed by atoms with Crippen LogP contribution < -0.4 is 0 Å². The maximum absolute atomic E-state index is 9.37. The fourth-order valence-corrected chi connectivity index (χ4v) is 1.11. The van der Waals surface area contributed by atoms with Gasteiger partial charge in [-0.3, -0.25) is 0 Å². The fourth-order valence-electron chi connectivity index (χ4n) is 0.533. The highest BCUT2D eigenvalue weighted by molar-refractivity contribution is 6.83. The van der Waals surface area contributed by atoms with E-state index in [0.717, 1.165) is 0 Å². The van der Waals surface area contributed by atoms with Crippen LogP contribution in [0, 0.1) is 17.4 Å². The molecule has 3 heteroatoms. The Morgan fingerprint density at radius 2 is 1.83 bits per heavy atom. The van der Waals surface area contributed by atoms with Crippen LogP contribution in [-0.2, 0) is 0 Å². The maximum Gasteiger partial charge on any atom is 0.129 e. The third-order valence-corrected chi connectivity index (χ3v) is 2.32. The Morgan fingerprint density at radius 1 is 1.33 bits per heavy atom. The summed E-state index contributed by atoms with van der Waals surface area (Å²) in [7, 11) is -1.38. The summed E-state index contributed by atoms with van der Waals surface area (Å²) in [5.74, 6) is 2.64. The Bertz CT molecular complexity index is 185. The second-order valence-corrected chi connectivity index (χ2v) is 8.87. The molecule has 0 heterocycles. The van der Waals surface area contributed by atoms with Gasteiger partial charge in [0.2, 0.25) is 0 Å². The molecule has 0 amide bonds. The normalized spacial score (nSPS) is 16.2. The average molecular weight is 186 g/mol. The topological polar surface area (TPSA) is 40.5 Å². The van der Waals surface area contributed by atoms with Crippen molar-refractivity contribution in [1.82, 2.24) is 0 Å². The van der Waals surface area contributed by atoms with Crippen molar-refractivity contribution in [3.63, 3.8) is 0 Å². The van der Waals surface area contributed by atoms with Crippen LogP contribution >= 0.6 is 0 Å². The zero-order valence-electron chi connectivity index (χ0n) is 8.26. The molecule has 0 aromatic heterocycles. The van der Waals surface area contributed by atoms with Crippen LogP contribution in [0.2, 0.25) is 19.6 Å². The van der Waals surface area contributed by atoms with Gasteiger partial charge in [-0.05, 0) is 0 Å². The van der Waals surface area contributed by atoms with Gasteiger partial charge in [0.05, 0.1) is 0 Å². The molecule has 70 valence electrons. The Hall–Kier alpha value is -0.303. The van der Waals surface area contributed by atoms with E-state index in [9.17, 15) is 5.11 Å². The predicted octanol–water partition coefficient (Wildman–Crippen LogP) is 0.856. The summed E-state index contributed by atoms with van der Waals surface area (Å²) >= 11 is 0. The lowest BCUT2D eigenvalue weighted by Crippen LogP contribution is -2.22. The van der Waals surface area contributed by atoms with Gasteiger partial charge in [-0.1, -0.05) is 32.5 Å². The van der Waals surface area contributed by atoms with Gasteiger partial charge in [-0.25, -0.2) is 0 Å². The van der Waals surface area contributed by atoms with E-state index in [2.05, 4.69) is 31.1 Å². The molecular formula is C9H18O2Si. The van der Waals surface area contributed by atoms with E-state index in [1.807, 2.05) is 0 Å². The Morgan fingerprint density at radius 3 is 2.17 bits per heavy atom. The van der Waals surface area contributed by atoms with Gasteiger partial charge < -0.3 is 10.2 Å². The van der Waals surface area contributed by atoms with Gasteiger partial charge in [0, 0.05) is 12.5 Å². The van der Waals surface area contributed by atoms with Crippen molar-refractivity contribution < 1.29 is 10.2 Å². The highest BCUT2D eigenvalue weighted by Gasteiger charge is 2.12. The van der Waals surface area contributed by atoms with Crippen molar-refractivity contribution in [2.45, 2.75) is 32.7 Å². The van der Waals surface area contributed by atoms with Gasteiger partial charge in [0.25, 0.3) is 0 Å². The van der Waals surface area contributed by atoms with Crippen molar-refractivity contribution in [3.05, 3.63) is 0 Å². The fraction of sp³-hybridized carbons (Fsp3) is 0.778. The first-order chi connectivity index (χ1) is 5.37. The highest BCUT2D eigenvalue weighted by Crippen LogP contribution is 2.02. The molecule has 0 saturated heterocycles. The van der Waals surface area contributed by atoms with Crippen LogP contribution in [0.3, 0.4) is 0 Å². The van der Waals surface area contributed by atoms with Crippen LogP contribution in [0.25, 0.3) is 0 Å². The molecule has 2 unspecified atom stereocenters. The summed E-state index contributed by atoms with van der Waals surface area (Å²) in [4.78, 5) is 0. The Labute approximate surface area is 75.6 Å². The summed E-state index contributed by atoms with van der Waals surface area (Å²) in [6, 6.07) is 0. The molecule has 2 atom stereocenters. The molecule has 0 aromatic carbocycles. The first-order valence-corrected chi connectivity index (χ1v) is 7.68. The SMILES string of the molecule is CC(CO)C(O)C#C[Si](C)(C)C. The molecule has 0 radical (unpaired) electrons. The molecule has 12 heavy (non-hydrogen) atoms. The predicted molar refractivity (Wildman–Crippen MR) is 53.4 cm³/mol. The van der Waals surface area contributed by atoms with E-state index in [4.69, 9.17) is 5.11 Å². The second-order valence-electron chi connectivity index (χ2n) is 4.12. The van der Waals surface area contributed by atoms with E-state index in [0.29, 0.717) is 0 Å². The largest absolute Gasteiger partial charge is 0.396 e. The zero-order chi connectivity index (χ0) is 9.78. The van der Waals surface area contributed by atoms with Crippen molar-refractivity contribution >= 4 is 8.07 Å². The highest BCUT2D eigenvalue weighted by atomic mass is 28.3. The first-order valence-electron chi connectivity index (χ1n) is 4.18. The lowest BCUT2D eigenvalue weighted by Gasteiger charge is -2.11. The Kier molecular flexibility index (Phi) is 4.54. The molecule has 2 N–H and O–H groups in total. The van der Waals surface area contributed by atoms with Gasteiger partial charge in [-0.2, -0.15) is 0 Å². The molecule has 0 aromatic rings. The standard InChI is InChI=1S/C9H18O2Si/c1-8(7-10)9(11)5-6-12(2,3)4/h8-11H,7H2,1-4H3. The summed E-state index contributed by atoms with van der Waals surface area (Å²) in [6.45, 7) is 8.13. The molecule has 0 spiro atoms. The van der Waals surface area contributed by atoms with E-state index in [1.54, 1.807) is 6.92 Å². The molecule has 0 aliphatic heterocycles. The maximum atomic E-state index is 9.37. The van der Waals surface area contributed by atoms with Crippen LogP contribution in [0.4, 0.5) is 0 Å². The lowest BCUT2D eigenvalue weighted by molar-refractivity contribution is 0.118. The van der Waals surface area contributed by atoms with Crippen LogP contribution in [0.5, 0.6) is 0 Å². The van der Waals surface area contributed by atoms with Gasteiger partial charge in [0.1, 0.15) is 14.2 Å². The van der Waals surface area contributed by atoms with Gasteiger partial charge >= 0.3 is 0 Å². The monoisotopic (exact) mass is 186 g/mol. The molecular weight excluding hydrogens is 168 g/mol. The Balaban J connectivity index is 4.13. The number of rotatable bonds is 2. The minimum absolute atomic E-state index is 0.0124. The van der Waals surface area contributed by atoms with E-state index in [1.165, 1.54) is 0 Å². The third kappa shape index (κ3) is 5.36.